The molecule has 1 aromatic carbocycles. The van der Waals surface area contributed by atoms with Crippen molar-refractivity contribution in [2.24, 2.45) is 0 Å². The average molecular weight is 292 g/mol. The normalized spacial score (nSPS) is 21.9. The fraction of sp³-hybridized carbons (Fsp3) is 0.667. The van der Waals surface area contributed by atoms with Crippen LogP contribution in [-0.4, -0.2) is 25.9 Å². The molecular formula is C18H28O3. The molecule has 1 saturated heterocycles. The molecule has 0 saturated carbocycles. The van der Waals surface area contributed by atoms with Crippen LogP contribution in [0.1, 0.15) is 57.9 Å². The Morgan fingerprint density at radius 1 is 1.14 bits per heavy atom. The van der Waals surface area contributed by atoms with Gasteiger partial charge in [0.25, 0.3) is 0 Å². The molecule has 2 rings (SSSR count). The molecule has 1 heterocycles. The van der Waals surface area contributed by atoms with E-state index >= 15 is 0 Å². The summed E-state index contributed by atoms with van der Waals surface area (Å²) in [4.78, 5) is 0. The quantitative estimate of drug-likeness (QED) is 0.626. The number of benzene rings is 1. The topological polar surface area (TPSA) is 31.0 Å². The molecular weight excluding hydrogens is 264 g/mol. The molecule has 1 aromatic rings. The van der Waals surface area contributed by atoms with Gasteiger partial charge in [0.2, 0.25) is 0 Å². The van der Waals surface area contributed by atoms with Gasteiger partial charge in [0, 0.05) is 0 Å². The van der Waals surface area contributed by atoms with Crippen LogP contribution in [0, 0.1) is 0 Å². The lowest BCUT2D eigenvalue weighted by atomic mass is 9.90. The van der Waals surface area contributed by atoms with E-state index in [1.54, 1.807) is 7.11 Å². The summed E-state index contributed by atoms with van der Waals surface area (Å²) in [6.07, 6.45) is 5.27. The third-order valence-electron chi connectivity index (χ3n) is 4.22. The van der Waals surface area contributed by atoms with Crippen molar-refractivity contribution in [2.75, 3.05) is 13.7 Å². The highest BCUT2D eigenvalue weighted by atomic mass is 16.6. The van der Waals surface area contributed by atoms with Crippen LogP contribution >= 0.6 is 0 Å². The van der Waals surface area contributed by atoms with Gasteiger partial charge in [-0.05, 0) is 49.3 Å². The number of epoxide rings is 1. The Morgan fingerprint density at radius 2 is 1.95 bits per heavy atom. The van der Waals surface area contributed by atoms with Crippen molar-refractivity contribution in [3.05, 3.63) is 23.8 Å². The second-order valence-electron chi connectivity index (χ2n) is 5.72. The molecule has 1 fully saturated rings. The molecule has 1 aliphatic rings. The highest BCUT2D eigenvalue weighted by Gasteiger charge is 2.38. The van der Waals surface area contributed by atoms with Crippen molar-refractivity contribution >= 4 is 0 Å². The van der Waals surface area contributed by atoms with E-state index < -0.39 is 0 Å². The Hall–Kier alpha value is -1.22. The molecule has 0 spiro atoms. The molecule has 0 N–H and O–H groups in total. The third-order valence-corrected chi connectivity index (χ3v) is 4.22. The Bertz CT molecular complexity index is 444. The summed E-state index contributed by atoms with van der Waals surface area (Å²) in [5.74, 6) is 2.20. The summed E-state index contributed by atoms with van der Waals surface area (Å²) in [5, 5.41) is 0. The third kappa shape index (κ3) is 4.13. The number of hydrogen-bond acceptors (Lipinski definition) is 3. The molecule has 0 bridgehead atoms. The summed E-state index contributed by atoms with van der Waals surface area (Å²) in [5.41, 5.74) is 1.32. The molecule has 3 nitrogen and oxygen atoms in total. The van der Waals surface area contributed by atoms with Crippen molar-refractivity contribution < 1.29 is 14.2 Å². The first-order valence-electron chi connectivity index (χ1n) is 8.19. The van der Waals surface area contributed by atoms with Crippen LogP contribution in [0.4, 0.5) is 0 Å². The molecule has 118 valence electrons. The van der Waals surface area contributed by atoms with Crippen molar-refractivity contribution in [1.82, 2.24) is 0 Å². The van der Waals surface area contributed by atoms with Crippen LogP contribution in [0.3, 0.4) is 0 Å². The van der Waals surface area contributed by atoms with Gasteiger partial charge in [0.1, 0.15) is 0 Å². The lowest BCUT2D eigenvalue weighted by Crippen LogP contribution is -2.05. The highest BCUT2D eigenvalue weighted by Crippen LogP contribution is 2.38. The van der Waals surface area contributed by atoms with Gasteiger partial charge in [-0.3, -0.25) is 0 Å². The second-order valence-corrected chi connectivity index (χ2v) is 5.72. The Balaban J connectivity index is 2.06. The van der Waals surface area contributed by atoms with Gasteiger partial charge >= 0.3 is 0 Å². The van der Waals surface area contributed by atoms with Gasteiger partial charge in [-0.2, -0.15) is 0 Å². The smallest absolute Gasteiger partial charge is 0.161 e. The number of hydrogen-bond donors (Lipinski definition) is 0. The predicted molar refractivity (Wildman–Crippen MR) is 85.4 cm³/mol. The summed E-state index contributed by atoms with van der Waals surface area (Å²) in [6, 6.07) is 6.34. The van der Waals surface area contributed by atoms with E-state index in [0.717, 1.165) is 43.8 Å². The van der Waals surface area contributed by atoms with Crippen molar-refractivity contribution in [3.8, 4) is 11.5 Å². The van der Waals surface area contributed by atoms with Crippen LogP contribution in [0.2, 0.25) is 0 Å². The Kier molecular flexibility index (Phi) is 5.92. The number of methoxy groups -OCH3 is 1. The van der Waals surface area contributed by atoms with E-state index in [0.29, 0.717) is 18.1 Å². The maximum atomic E-state index is 5.72. The zero-order chi connectivity index (χ0) is 15.2. The standard InChI is InChI=1S/C18H28O3/c1-5-10-20-16-9-8-14(12-17(16)19-4)13(6-2)11-18-15(7-3)21-18/h8-9,12-13,15,18H,5-7,10-11H2,1-4H3. The Labute approximate surface area is 128 Å². The van der Waals surface area contributed by atoms with Crippen molar-refractivity contribution in [1.29, 1.82) is 0 Å². The molecule has 3 unspecified atom stereocenters. The summed E-state index contributed by atoms with van der Waals surface area (Å²) in [7, 11) is 1.70. The summed E-state index contributed by atoms with van der Waals surface area (Å²) < 4.78 is 16.9. The average Bonchev–Trinajstić information content (AvgIpc) is 3.28. The predicted octanol–water partition coefficient (Wildman–Crippen LogP) is 4.55. The first kappa shape index (κ1) is 16.2. The van der Waals surface area contributed by atoms with E-state index in [1.807, 2.05) is 6.07 Å². The Morgan fingerprint density at radius 3 is 2.52 bits per heavy atom. The van der Waals surface area contributed by atoms with Crippen LogP contribution in [0.25, 0.3) is 0 Å². The maximum absolute atomic E-state index is 5.72. The molecule has 0 aromatic heterocycles. The highest BCUT2D eigenvalue weighted by molar-refractivity contribution is 5.44. The van der Waals surface area contributed by atoms with E-state index in [-0.39, 0.29) is 0 Å². The van der Waals surface area contributed by atoms with Gasteiger partial charge < -0.3 is 14.2 Å². The molecule has 0 amide bonds. The zero-order valence-electron chi connectivity index (χ0n) is 13.7. The van der Waals surface area contributed by atoms with E-state index in [4.69, 9.17) is 14.2 Å². The van der Waals surface area contributed by atoms with Gasteiger partial charge in [0.05, 0.1) is 25.9 Å². The van der Waals surface area contributed by atoms with Gasteiger partial charge in [-0.25, -0.2) is 0 Å². The lowest BCUT2D eigenvalue weighted by molar-refractivity contribution is 0.294. The second kappa shape index (κ2) is 7.69. The SMILES string of the molecule is CCCOc1ccc(C(CC)CC2OC2CC)cc1OC. The molecule has 1 aliphatic heterocycles. The first-order chi connectivity index (χ1) is 10.2. The lowest BCUT2D eigenvalue weighted by Gasteiger charge is -2.17. The van der Waals surface area contributed by atoms with E-state index in [2.05, 4.69) is 32.9 Å². The largest absolute Gasteiger partial charge is 0.493 e. The van der Waals surface area contributed by atoms with Crippen LogP contribution < -0.4 is 9.47 Å². The van der Waals surface area contributed by atoms with Crippen molar-refractivity contribution in [2.45, 2.75) is 64.6 Å². The minimum absolute atomic E-state index is 0.446. The zero-order valence-corrected chi connectivity index (χ0v) is 13.7. The monoisotopic (exact) mass is 292 g/mol. The molecule has 0 aliphatic carbocycles. The maximum Gasteiger partial charge on any atom is 0.161 e. The van der Waals surface area contributed by atoms with Crippen LogP contribution in [0.15, 0.2) is 18.2 Å². The fourth-order valence-corrected chi connectivity index (χ4v) is 2.83. The van der Waals surface area contributed by atoms with Crippen molar-refractivity contribution in [3.63, 3.8) is 0 Å². The van der Waals surface area contributed by atoms with Crippen LogP contribution in [0.5, 0.6) is 11.5 Å². The molecule has 3 atom stereocenters. The summed E-state index contributed by atoms with van der Waals surface area (Å²) >= 11 is 0. The van der Waals surface area contributed by atoms with Gasteiger partial charge in [0.15, 0.2) is 11.5 Å². The molecule has 21 heavy (non-hydrogen) atoms. The molecule has 3 heteroatoms. The van der Waals surface area contributed by atoms with E-state index in [9.17, 15) is 0 Å². The molecule has 0 radical (unpaired) electrons. The summed E-state index contributed by atoms with van der Waals surface area (Å²) in [6.45, 7) is 7.26. The minimum Gasteiger partial charge on any atom is -0.493 e. The van der Waals surface area contributed by atoms with Gasteiger partial charge in [-0.15, -0.1) is 0 Å². The number of rotatable bonds is 9. The minimum atomic E-state index is 0.446. The number of ether oxygens (including phenoxy) is 3. The van der Waals surface area contributed by atoms with Crippen LogP contribution in [-0.2, 0) is 4.74 Å². The van der Waals surface area contributed by atoms with E-state index in [1.165, 1.54) is 5.56 Å². The fourth-order valence-electron chi connectivity index (χ4n) is 2.83. The first-order valence-corrected chi connectivity index (χ1v) is 8.19. The van der Waals surface area contributed by atoms with Gasteiger partial charge in [-0.1, -0.05) is 26.8 Å².